The van der Waals surface area contributed by atoms with E-state index in [4.69, 9.17) is 14.9 Å². The zero-order valence-electron chi connectivity index (χ0n) is 10.4. The molecule has 0 spiro atoms. The van der Waals surface area contributed by atoms with Crippen LogP contribution in [0.1, 0.15) is 52.4 Å². The van der Waals surface area contributed by atoms with Gasteiger partial charge in [0.25, 0.3) is 0 Å². The lowest BCUT2D eigenvalue weighted by Gasteiger charge is -2.01. The van der Waals surface area contributed by atoms with E-state index in [9.17, 15) is 0 Å². The lowest BCUT2D eigenvalue weighted by molar-refractivity contribution is 0.130. The summed E-state index contributed by atoms with van der Waals surface area (Å²) in [5.41, 5.74) is 0. The highest BCUT2D eigenvalue weighted by atomic mass is 16.5. The molecule has 0 unspecified atom stereocenters. The van der Waals surface area contributed by atoms with Gasteiger partial charge in [-0.25, -0.2) is 0 Å². The van der Waals surface area contributed by atoms with Crippen LogP contribution in [0, 0.1) is 0 Å². The second-order valence-corrected chi connectivity index (χ2v) is 3.47. The highest BCUT2D eigenvalue weighted by Gasteiger charge is 1.88. The van der Waals surface area contributed by atoms with Crippen molar-refractivity contribution in [2.24, 2.45) is 0 Å². The van der Waals surface area contributed by atoms with Crippen LogP contribution < -0.4 is 0 Å². The predicted octanol–water partition coefficient (Wildman–Crippen LogP) is 2.35. The number of aliphatic hydroxyl groups excluding tert-OH is 2. The van der Waals surface area contributed by atoms with Gasteiger partial charge in [0.1, 0.15) is 0 Å². The fourth-order valence-corrected chi connectivity index (χ4v) is 1.05. The van der Waals surface area contributed by atoms with E-state index in [-0.39, 0.29) is 13.2 Å². The molecule has 0 aliphatic heterocycles. The smallest absolute Gasteiger partial charge is 0.0662 e. The summed E-state index contributed by atoms with van der Waals surface area (Å²) in [7, 11) is 0. The normalized spacial score (nSPS) is 9.60. The fourth-order valence-electron chi connectivity index (χ4n) is 1.05. The number of unbranched alkanes of at least 4 members (excludes halogenated alkanes) is 4. The lowest BCUT2D eigenvalue weighted by atomic mass is 10.2. The summed E-state index contributed by atoms with van der Waals surface area (Å²) in [6, 6.07) is 0. The molecule has 0 saturated carbocycles. The predicted molar refractivity (Wildman–Crippen MR) is 64.0 cm³/mol. The highest BCUT2D eigenvalue weighted by molar-refractivity contribution is 4.41. The minimum absolute atomic E-state index is 0.125. The third-order valence-corrected chi connectivity index (χ3v) is 1.84. The third kappa shape index (κ3) is 24.8. The number of ether oxygens (including phenoxy) is 1. The van der Waals surface area contributed by atoms with Crippen molar-refractivity contribution in [3.05, 3.63) is 0 Å². The van der Waals surface area contributed by atoms with Gasteiger partial charge in [0.2, 0.25) is 0 Å². The fraction of sp³-hybridized carbons (Fsp3) is 1.00. The van der Waals surface area contributed by atoms with E-state index in [1.807, 2.05) is 0 Å². The first-order valence-electron chi connectivity index (χ1n) is 6.12. The zero-order chi connectivity index (χ0) is 11.8. The Morgan fingerprint density at radius 1 is 0.733 bits per heavy atom. The van der Waals surface area contributed by atoms with Gasteiger partial charge >= 0.3 is 0 Å². The maximum absolute atomic E-state index is 7.62. The molecule has 0 saturated heterocycles. The Bertz CT molecular complexity index is 76.9. The van der Waals surface area contributed by atoms with Crippen molar-refractivity contribution in [3.8, 4) is 0 Å². The van der Waals surface area contributed by atoms with Gasteiger partial charge in [-0.05, 0) is 12.8 Å². The molecule has 94 valence electrons. The Labute approximate surface area is 94.5 Å². The van der Waals surface area contributed by atoms with Crippen LogP contribution in [0.25, 0.3) is 0 Å². The van der Waals surface area contributed by atoms with E-state index >= 15 is 0 Å². The van der Waals surface area contributed by atoms with Gasteiger partial charge < -0.3 is 14.9 Å². The van der Waals surface area contributed by atoms with Gasteiger partial charge in [0.15, 0.2) is 0 Å². The first kappa shape index (κ1) is 17.3. The van der Waals surface area contributed by atoms with E-state index in [1.54, 1.807) is 0 Å². The van der Waals surface area contributed by atoms with Crippen molar-refractivity contribution in [2.45, 2.75) is 52.4 Å². The largest absolute Gasteiger partial charge is 0.394 e. The van der Waals surface area contributed by atoms with Crippen LogP contribution in [0.5, 0.6) is 0 Å². The highest BCUT2D eigenvalue weighted by Crippen LogP contribution is 2.02. The molecule has 0 atom stereocenters. The molecule has 0 aromatic carbocycles. The molecule has 0 aromatic heterocycles. The molecule has 0 heterocycles. The van der Waals surface area contributed by atoms with Crippen molar-refractivity contribution < 1.29 is 14.9 Å². The van der Waals surface area contributed by atoms with Crippen LogP contribution in [0.3, 0.4) is 0 Å². The molecule has 0 rings (SSSR count). The summed E-state index contributed by atoms with van der Waals surface area (Å²) >= 11 is 0. The number of hydrogen-bond acceptors (Lipinski definition) is 3. The van der Waals surface area contributed by atoms with Crippen molar-refractivity contribution >= 4 is 0 Å². The summed E-state index contributed by atoms with van der Waals surface area (Å²) < 4.78 is 5.36. The van der Waals surface area contributed by atoms with E-state index in [2.05, 4.69) is 13.8 Å². The molecule has 3 heteroatoms. The van der Waals surface area contributed by atoms with E-state index in [0.29, 0.717) is 0 Å². The van der Waals surface area contributed by atoms with Gasteiger partial charge in [-0.3, -0.25) is 0 Å². The maximum Gasteiger partial charge on any atom is 0.0662 e. The first-order valence-corrected chi connectivity index (χ1v) is 6.12. The average molecular weight is 220 g/mol. The SMILES string of the molecule is CCCCCCCOCCC.OCCO. The summed E-state index contributed by atoms with van der Waals surface area (Å²) in [5.74, 6) is 0. The molecule has 0 aliphatic rings. The Balaban J connectivity index is 0. The van der Waals surface area contributed by atoms with Crippen molar-refractivity contribution in [3.63, 3.8) is 0 Å². The van der Waals surface area contributed by atoms with Crippen LogP contribution in [0.15, 0.2) is 0 Å². The van der Waals surface area contributed by atoms with Gasteiger partial charge in [-0.1, -0.05) is 39.5 Å². The molecule has 2 N–H and O–H groups in total. The quantitative estimate of drug-likeness (QED) is 0.586. The summed E-state index contributed by atoms with van der Waals surface area (Å²) in [6.45, 7) is 6.05. The Morgan fingerprint density at radius 3 is 1.80 bits per heavy atom. The van der Waals surface area contributed by atoms with Gasteiger partial charge in [0.05, 0.1) is 13.2 Å². The zero-order valence-corrected chi connectivity index (χ0v) is 10.4. The topological polar surface area (TPSA) is 49.7 Å². The number of hydrogen-bond donors (Lipinski definition) is 2. The van der Waals surface area contributed by atoms with Gasteiger partial charge in [0, 0.05) is 13.2 Å². The standard InChI is InChI=1S/C10H22O.C2H6O2/c1-3-5-6-7-8-10-11-9-4-2;3-1-2-4/h3-10H2,1-2H3;3-4H,1-2H2. The second-order valence-electron chi connectivity index (χ2n) is 3.47. The van der Waals surface area contributed by atoms with Crippen molar-refractivity contribution in [1.82, 2.24) is 0 Å². The summed E-state index contributed by atoms with van der Waals surface area (Å²) in [4.78, 5) is 0. The number of aliphatic hydroxyl groups is 2. The maximum atomic E-state index is 7.62. The molecule has 0 aliphatic carbocycles. The Hall–Kier alpha value is -0.120. The summed E-state index contributed by atoms with van der Waals surface area (Å²) in [6.07, 6.45) is 7.84. The first-order chi connectivity index (χ1) is 7.33. The molecule has 3 nitrogen and oxygen atoms in total. The van der Waals surface area contributed by atoms with Crippen LogP contribution in [0.4, 0.5) is 0 Å². The van der Waals surface area contributed by atoms with E-state index in [0.717, 1.165) is 19.6 Å². The molecule has 0 amide bonds. The Kier molecular flexibility index (Phi) is 22.4. The molecular formula is C12H28O3. The van der Waals surface area contributed by atoms with Crippen LogP contribution in [0.2, 0.25) is 0 Å². The minimum atomic E-state index is -0.125. The molecular weight excluding hydrogens is 192 g/mol. The number of rotatable bonds is 9. The molecule has 0 aromatic rings. The van der Waals surface area contributed by atoms with Crippen LogP contribution in [-0.2, 0) is 4.74 Å². The van der Waals surface area contributed by atoms with Crippen molar-refractivity contribution in [1.29, 1.82) is 0 Å². The average Bonchev–Trinajstić information content (AvgIpc) is 2.28. The van der Waals surface area contributed by atoms with E-state index < -0.39 is 0 Å². The molecule has 15 heavy (non-hydrogen) atoms. The van der Waals surface area contributed by atoms with Crippen LogP contribution in [-0.4, -0.2) is 36.6 Å². The minimum Gasteiger partial charge on any atom is -0.394 e. The molecule has 0 bridgehead atoms. The third-order valence-electron chi connectivity index (χ3n) is 1.84. The second kappa shape index (κ2) is 19.5. The monoisotopic (exact) mass is 220 g/mol. The Morgan fingerprint density at radius 2 is 1.33 bits per heavy atom. The lowest BCUT2D eigenvalue weighted by Crippen LogP contribution is -1.95. The van der Waals surface area contributed by atoms with Gasteiger partial charge in [-0.2, -0.15) is 0 Å². The van der Waals surface area contributed by atoms with Crippen molar-refractivity contribution in [2.75, 3.05) is 26.4 Å². The van der Waals surface area contributed by atoms with E-state index in [1.165, 1.54) is 32.1 Å². The summed E-state index contributed by atoms with van der Waals surface area (Å²) in [5, 5.41) is 15.2. The molecule has 0 fully saturated rings. The molecule has 0 radical (unpaired) electrons. The van der Waals surface area contributed by atoms with Crippen LogP contribution >= 0.6 is 0 Å². The van der Waals surface area contributed by atoms with Gasteiger partial charge in [-0.15, -0.1) is 0 Å².